The van der Waals surface area contributed by atoms with Gasteiger partial charge in [0.05, 0.1) is 18.4 Å². The summed E-state index contributed by atoms with van der Waals surface area (Å²) in [4.78, 5) is 4.50. The van der Waals surface area contributed by atoms with Gasteiger partial charge in [-0.1, -0.05) is 18.7 Å². The molecule has 27 heavy (non-hydrogen) atoms. The average Bonchev–Trinajstić information content (AvgIpc) is 3.42. The maximum Gasteiger partial charge on any atom is 0.191 e. The molecule has 2 aliphatic rings. The van der Waals surface area contributed by atoms with Gasteiger partial charge in [-0.25, -0.2) is 4.98 Å². The molecule has 2 N–H and O–H groups in total. The van der Waals surface area contributed by atoms with E-state index in [0.717, 1.165) is 86.7 Å². The average molecular weight is 414 g/mol. The summed E-state index contributed by atoms with van der Waals surface area (Å²) in [6, 6.07) is 0. The minimum Gasteiger partial charge on any atom is -0.376 e. The van der Waals surface area contributed by atoms with E-state index < -0.39 is 0 Å². The van der Waals surface area contributed by atoms with Crippen molar-refractivity contribution in [1.82, 2.24) is 35.3 Å². The number of hydrogen-bond donors (Lipinski definition) is 2. The lowest BCUT2D eigenvalue weighted by molar-refractivity contribution is 0.0936. The molecule has 1 atom stereocenters. The quantitative estimate of drug-likeness (QED) is 0.672. The Hall–Kier alpha value is -1.16. The van der Waals surface area contributed by atoms with Crippen LogP contribution in [0.15, 0.2) is 5.16 Å². The van der Waals surface area contributed by atoms with Gasteiger partial charge in [0, 0.05) is 18.9 Å². The van der Waals surface area contributed by atoms with Gasteiger partial charge >= 0.3 is 0 Å². The number of ether oxygens (including phenoxy) is 1. The Kier molecular flexibility index (Phi) is 7.51. The maximum absolute atomic E-state index is 5.88. The summed E-state index contributed by atoms with van der Waals surface area (Å²) < 4.78 is 8.18. The molecule has 8 nitrogen and oxygen atoms in total. The van der Waals surface area contributed by atoms with Gasteiger partial charge < -0.3 is 14.6 Å². The van der Waals surface area contributed by atoms with Gasteiger partial charge in [-0.3, -0.25) is 5.10 Å². The fourth-order valence-electron chi connectivity index (χ4n) is 3.64. The van der Waals surface area contributed by atoms with Crippen LogP contribution in [0.2, 0.25) is 0 Å². The lowest BCUT2D eigenvalue weighted by Crippen LogP contribution is -2.29. The lowest BCUT2D eigenvalue weighted by Gasteiger charge is -2.23. The first-order valence-electron chi connectivity index (χ1n) is 9.62. The number of thioether (sulfide) groups is 1. The zero-order chi connectivity index (χ0) is 17.8. The van der Waals surface area contributed by atoms with Gasteiger partial charge in [0.2, 0.25) is 0 Å². The Morgan fingerprint density at radius 2 is 2.07 bits per heavy atom. The summed E-state index contributed by atoms with van der Waals surface area (Å²) in [5.41, 5.74) is 0. The normalized spacial score (nSPS) is 20.7. The molecule has 0 bridgehead atoms. The van der Waals surface area contributed by atoms with Crippen molar-refractivity contribution in [1.29, 1.82) is 0 Å². The third-order valence-corrected chi connectivity index (χ3v) is 6.07. The SMILES string of the molecule is CCc1n[nH]c(CSc2nnc(C3CCNCC3)n2CC2CCCO2)n1.Cl. The van der Waals surface area contributed by atoms with Crippen molar-refractivity contribution in [3.63, 3.8) is 0 Å². The minimum atomic E-state index is 0. The van der Waals surface area contributed by atoms with Crippen molar-refractivity contribution in [2.24, 2.45) is 0 Å². The predicted octanol–water partition coefficient (Wildman–Crippen LogP) is 2.32. The Labute approximate surface area is 170 Å². The van der Waals surface area contributed by atoms with Crippen LogP contribution >= 0.6 is 24.2 Å². The molecule has 0 radical (unpaired) electrons. The van der Waals surface area contributed by atoms with Gasteiger partial charge in [-0.05, 0) is 38.8 Å². The number of hydrogen-bond acceptors (Lipinski definition) is 7. The van der Waals surface area contributed by atoms with Crippen LogP contribution in [0.5, 0.6) is 0 Å². The Morgan fingerprint density at radius 1 is 1.22 bits per heavy atom. The van der Waals surface area contributed by atoms with E-state index in [1.54, 1.807) is 11.8 Å². The molecule has 10 heteroatoms. The van der Waals surface area contributed by atoms with Crippen molar-refractivity contribution in [3.8, 4) is 0 Å². The second-order valence-electron chi connectivity index (χ2n) is 6.95. The fraction of sp³-hybridized carbons (Fsp3) is 0.765. The first kappa shape index (κ1) is 20.6. The topological polar surface area (TPSA) is 93.5 Å². The Bertz CT molecular complexity index is 710. The molecule has 0 saturated carbocycles. The van der Waals surface area contributed by atoms with E-state index >= 15 is 0 Å². The maximum atomic E-state index is 5.88. The van der Waals surface area contributed by atoms with Gasteiger partial charge in [0.1, 0.15) is 17.5 Å². The molecule has 2 saturated heterocycles. The van der Waals surface area contributed by atoms with Gasteiger partial charge in [0.25, 0.3) is 0 Å². The number of piperidine rings is 1. The van der Waals surface area contributed by atoms with E-state index in [9.17, 15) is 0 Å². The molecule has 2 aromatic rings. The van der Waals surface area contributed by atoms with Gasteiger partial charge in [-0.2, -0.15) is 5.10 Å². The summed E-state index contributed by atoms with van der Waals surface area (Å²) in [7, 11) is 0. The summed E-state index contributed by atoms with van der Waals surface area (Å²) in [6.07, 6.45) is 5.64. The monoisotopic (exact) mass is 413 g/mol. The van der Waals surface area contributed by atoms with Crippen molar-refractivity contribution in [2.75, 3.05) is 19.7 Å². The van der Waals surface area contributed by atoms with E-state index in [1.807, 2.05) is 0 Å². The molecule has 4 heterocycles. The van der Waals surface area contributed by atoms with Crippen molar-refractivity contribution >= 4 is 24.2 Å². The molecular weight excluding hydrogens is 386 g/mol. The van der Waals surface area contributed by atoms with Crippen molar-refractivity contribution in [3.05, 3.63) is 17.5 Å². The summed E-state index contributed by atoms with van der Waals surface area (Å²) in [5, 5.41) is 20.7. The molecule has 2 aliphatic heterocycles. The smallest absolute Gasteiger partial charge is 0.191 e. The zero-order valence-electron chi connectivity index (χ0n) is 15.7. The first-order valence-corrected chi connectivity index (χ1v) is 10.6. The molecular formula is C17H28ClN7OS. The number of aryl methyl sites for hydroxylation is 1. The summed E-state index contributed by atoms with van der Waals surface area (Å²) in [6.45, 7) is 5.89. The second kappa shape index (κ2) is 9.86. The Balaban J connectivity index is 0.00000210. The zero-order valence-corrected chi connectivity index (χ0v) is 17.3. The van der Waals surface area contributed by atoms with Crippen molar-refractivity contribution in [2.45, 2.75) is 68.5 Å². The number of aromatic nitrogens is 6. The second-order valence-corrected chi connectivity index (χ2v) is 7.89. The van der Waals surface area contributed by atoms with Gasteiger partial charge in [0.15, 0.2) is 5.16 Å². The van der Waals surface area contributed by atoms with Crippen LogP contribution in [-0.4, -0.2) is 55.7 Å². The van der Waals surface area contributed by atoms with Crippen LogP contribution in [-0.2, 0) is 23.5 Å². The van der Waals surface area contributed by atoms with E-state index in [1.165, 1.54) is 0 Å². The summed E-state index contributed by atoms with van der Waals surface area (Å²) in [5.74, 6) is 4.08. The standard InChI is InChI=1S/C17H27N7OS.ClH/c1-2-14-19-15(21-20-14)11-26-17-23-22-16(12-5-7-18-8-6-12)24(17)10-13-4-3-9-25-13;/h12-13,18H,2-11H2,1H3,(H,19,20,21);1H. The number of H-pyrrole nitrogens is 1. The van der Waals surface area contributed by atoms with Crippen LogP contribution in [0.1, 0.15) is 56.0 Å². The highest BCUT2D eigenvalue weighted by atomic mass is 35.5. The predicted molar refractivity (Wildman–Crippen MR) is 106 cm³/mol. The molecule has 2 fully saturated rings. The fourth-order valence-corrected chi connectivity index (χ4v) is 4.46. The number of halogens is 1. The van der Waals surface area contributed by atoms with E-state index in [4.69, 9.17) is 4.74 Å². The molecule has 150 valence electrons. The molecule has 0 aromatic carbocycles. The highest BCUT2D eigenvalue weighted by molar-refractivity contribution is 7.98. The van der Waals surface area contributed by atoms with Crippen LogP contribution in [0.3, 0.4) is 0 Å². The third kappa shape index (κ3) is 5.01. The van der Waals surface area contributed by atoms with E-state index in [0.29, 0.717) is 5.92 Å². The molecule has 0 amide bonds. The van der Waals surface area contributed by atoms with Crippen LogP contribution in [0.25, 0.3) is 0 Å². The largest absolute Gasteiger partial charge is 0.376 e. The van der Waals surface area contributed by atoms with Gasteiger partial charge in [-0.15, -0.1) is 22.6 Å². The molecule has 4 rings (SSSR count). The molecule has 1 unspecified atom stereocenters. The van der Waals surface area contributed by atoms with Crippen LogP contribution in [0, 0.1) is 0 Å². The Morgan fingerprint density at radius 3 is 2.78 bits per heavy atom. The van der Waals surface area contributed by atoms with E-state index in [-0.39, 0.29) is 18.5 Å². The lowest BCUT2D eigenvalue weighted by atomic mass is 9.97. The van der Waals surface area contributed by atoms with Crippen molar-refractivity contribution < 1.29 is 4.74 Å². The number of rotatable bonds is 7. The number of nitrogens with zero attached hydrogens (tertiary/aromatic N) is 5. The molecule has 0 spiro atoms. The third-order valence-electron chi connectivity index (χ3n) is 5.09. The molecule has 0 aliphatic carbocycles. The number of aromatic amines is 1. The number of nitrogens with one attached hydrogen (secondary N) is 2. The highest BCUT2D eigenvalue weighted by Crippen LogP contribution is 2.29. The summed E-state index contributed by atoms with van der Waals surface area (Å²) >= 11 is 1.68. The highest BCUT2D eigenvalue weighted by Gasteiger charge is 2.26. The van der Waals surface area contributed by atoms with Crippen LogP contribution < -0.4 is 5.32 Å². The van der Waals surface area contributed by atoms with E-state index in [2.05, 4.69) is 42.2 Å². The van der Waals surface area contributed by atoms with Crippen LogP contribution in [0.4, 0.5) is 0 Å². The first-order chi connectivity index (χ1) is 12.8. The molecule has 2 aromatic heterocycles. The minimum absolute atomic E-state index is 0.